The summed E-state index contributed by atoms with van der Waals surface area (Å²) in [6.07, 6.45) is 3.61. The number of benzene rings is 1. The number of rotatable bonds is 6. The molecule has 21 heavy (non-hydrogen) atoms. The second-order valence-corrected chi connectivity index (χ2v) is 5.82. The van der Waals surface area contributed by atoms with Crippen molar-refractivity contribution in [2.45, 2.75) is 12.6 Å². The largest absolute Gasteiger partial charge is 0.496 e. The molecule has 112 valence electrons. The highest BCUT2D eigenvalue weighted by molar-refractivity contribution is 9.10. The predicted molar refractivity (Wildman–Crippen MR) is 88.2 cm³/mol. The molecular formula is C16H20BrN3O. The van der Waals surface area contributed by atoms with Gasteiger partial charge in [-0.15, -0.1) is 0 Å². The zero-order valence-electron chi connectivity index (χ0n) is 12.3. The molecule has 1 heterocycles. The minimum atomic E-state index is 0.0885. The van der Waals surface area contributed by atoms with Gasteiger partial charge in [0.25, 0.3) is 0 Å². The van der Waals surface area contributed by atoms with Crippen molar-refractivity contribution in [3.63, 3.8) is 0 Å². The van der Waals surface area contributed by atoms with Crippen molar-refractivity contribution in [1.82, 2.24) is 9.88 Å². The Bertz CT molecular complexity index is 577. The third-order valence-corrected chi connectivity index (χ3v) is 3.98. The Kier molecular flexibility index (Phi) is 5.73. The topological polar surface area (TPSA) is 51.4 Å². The first-order valence-electron chi connectivity index (χ1n) is 6.78. The van der Waals surface area contributed by atoms with Crippen molar-refractivity contribution in [3.05, 3.63) is 58.3 Å². The van der Waals surface area contributed by atoms with Gasteiger partial charge in [0, 0.05) is 35.5 Å². The van der Waals surface area contributed by atoms with Crippen LogP contribution in [0.5, 0.6) is 5.75 Å². The Hall–Kier alpha value is -1.43. The Morgan fingerprint density at radius 1 is 1.29 bits per heavy atom. The summed E-state index contributed by atoms with van der Waals surface area (Å²) < 4.78 is 6.49. The van der Waals surface area contributed by atoms with Gasteiger partial charge in [0.05, 0.1) is 13.2 Å². The van der Waals surface area contributed by atoms with Crippen LogP contribution in [0.2, 0.25) is 0 Å². The van der Waals surface area contributed by atoms with E-state index >= 15 is 0 Å². The van der Waals surface area contributed by atoms with E-state index in [1.807, 2.05) is 24.3 Å². The maximum absolute atomic E-state index is 6.01. The van der Waals surface area contributed by atoms with Gasteiger partial charge in [-0.25, -0.2) is 0 Å². The second-order valence-electron chi connectivity index (χ2n) is 4.91. The lowest BCUT2D eigenvalue weighted by Crippen LogP contribution is -2.30. The normalized spacial score (nSPS) is 12.4. The van der Waals surface area contributed by atoms with Crippen LogP contribution in [0.15, 0.2) is 47.2 Å². The maximum Gasteiger partial charge on any atom is 0.123 e. The number of methoxy groups -OCH3 is 1. The average Bonchev–Trinajstić information content (AvgIpc) is 2.49. The first kappa shape index (κ1) is 15.9. The molecule has 0 saturated carbocycles. The minimum absolute atomic E-state index is 0.0885. The van der Waals surface area contributed by atoms with Gasteiger partial charge in [0.1, 0.15) is 5.75 Å². The standard InChI is InChI=1S/C16H20BrN3O/c1-20(11-12-5-7-19-8-6-12)15(10-18)14-9-13(17)3-4-16(14)21-2/h3-9,15H,10-11,18H2,1-2H3. The minimum Gasteiger partial charge on any atom is -0.496 e. The third-order valence-electron chi connectivity index (χ3n) is 3.49. The highest BCUT2D eigenvalue weighted by Gasteiger charge is 2.20. The van der Waals surface area contributed by atoms with Crippen LogP contribution >= 0.6 is 15.9 Å². The highest BCUT2D eigenvalue weighted by atomic mass is 79.9. The molecule has 0 amide bonds. The van der Waals surface area contributed by atoms with E-state index in [9.17, 15) is 0 Å². The third kappa shape index (κ3) is 4.03. The summed E-state index contributed by atoms with van der Waals surface area (Å²) in [5, 5.41) is 0. The van der Waals surface area contributed by atoms with Crippen LogP contribution in [-0.4, -0.2) is 30.6 Å². The molecule has 0 saturated heterocycles. The fourth-order valence-corrected chi connectivity index (χ4v) is 2.78. The lowest BCUT2D eigenvalue weighted by molar-refractivity contribution is 0.236. The molecule has 2 N–H and O–H groups in total. The molecular weight excluding hydrogens is 330 g/mol. The van der Waals surface area contributed by atoms with Gasteiger partial charge in [0.2, 0.25) is 0 Å². The Morgan fingerprint density at radius 2 is 2.00 bits per heavy atom. The molecule has 0 aliphatic heterocycles. The number of pyridine rings is 1. The first-order chi connectivity index (χ1) is 10.2. The van der Waals surface area contributed by atoms with Gasteiger partial charge < -0.3 is 10.5 Å². The van der Waals surface area contributed by atoms with Crippen molar-refractivity contribution in [3.8, 4) is 5.75 Å². The predicted octanol–water partition coefficient (Wildman–Crippen LogP) is 2.98. The first-order valence-corrected chi connectivity index (χ1v) is 7.57. The summed E-state index contributed by atoms with van der Waals surface area (Å²) in [4.78, 5) is 6.27. The zero-order chi connectivity index (χ0) is 15.2. The van der Waals surface area contributed by atoms with Crippen LogP contribution in [0.1, 0.15) is 17.2 Å². The fraction of sp³-hybridized carbons (Fsp3) is 0.312. The monoisotopic (exact) mass is 349 g/mol. The van der Waals surface area contributed by atoms with Gasteiger partial charge in [-0.1, -0.05) is 15.9 Å². The number of aromatic nitrogens is 1. The summed E-state index contributed by atoms with van der Waals surface area (Å²) in [6.45, 7) is 1.33. The van der Waals surface area contributed by atoms with E-state index in [1.165, 1.54) is 5.56 Å². The molecule has 4 nitrogen and oxygen atoms in total. The second kappa shape index (κ2) is 7.54. The van der Waals surface area contributed by atoms with Crippen molar-refractivity contribution in [2.24, 2.45) is 5.73 Å². The smallest absolute Gasteiger partial charge is 0.123 e. The van der Waals surface area contributed by atoms with E-state index in [-0.39, 0.29) is 6.04 Å². The summed E-state index contributed by atoms with van der Waals surface area (Å²) in [6, 6.07) is 10.1. The van der Waals surface area contributed by atoms with Crippen LogP contribution in [0.3, 0.4) is 0 Å². The number of halogens is 1. The van der Waals surface area contributed by atoms with Crippen molar-refractivity contribution in [1.29, 1.82) is 0 Å². The van der Waals surface area contributed by atoms with Crippen LogP contribution in [0.4, 0.5) is 0 Å². The Morgan fingerprint density at radius 3 is 2.62 bits per heavy atom. The van der Waals surface area contributed by atoms with E-state index in [4.69, 9.17) is 10.5 Å². The molecule has 1 atom stereocenters. The molecule has 0 spiro atoms. The lowest BCUT2D eigenvalue weighted by Gasteiger charge is -2.28. The van der Waals surface area contributed by atoms with E-state index < -0.39 is 0 Å². The Labute approximate surface area is 134 Å². The summed E-state index contributed by atoms with van der Waals surface area (Å²) in [7, 11) is 3.75. The van der Waals surface area contributed by atoms with Crippen molar-refractivity contribution in [2.75, 3.05) is 20.7 Å². The number of hydrogen-bond donors (Lipinski definition) is 1. The highest BCUT2D eigenvalue weighted by Crippen LogP contribution is 2.31. The van der Waals surface area contributed by atoms with Crippen LogP contribution in [0.25, 0.3) is 0 Å². The lowest BCUT2D eigenvalue weighted by atomic mass is 10.0. The molecule has 1 unspecified atom stereocenters. The summed E-state index contributed by atoms with van der Waals surface area (Å²) >= 11 is 3.52. The van der Waals surface area contributed by atoms with Crippen LogP contribution < -0.4 is 10.5 Å². The van der Waals surface area contributed by atoms with Gasteiger partial charge in [-0.3, -0.25) is 9.88 Å². The number of hydrogen-bond acceptors (Lipinski definition) is 4. The number of nitrogens with two attached hydrogens (primary N) is 1. The molecule has 1 aromatic carbocycles. The number of likely N-dealkylation sites (N-methyl/N-ethyl adjacent to an activating group) is 1. The van der Waals surface area contributed by atoms with Crippen molar-refractivity contribution < 1.29 is 4.74 Å². The van der Waals surface area contributed by atoms with Gasteiger partial charge in [-0.2, -0.15) is 0 Å². The molecule has 2 aromatic rings. The van der Waals surface area contributed by atoms with Gasteiger partial charge in [-0.05, 0) is 42.9 Å². The molecule has 1 aromatic heterocycles. The van der Waals surface area contributed by atoms with E-state index in [0.717, 1.165) is 22.3 Å². The molecule has 0 radical (unpaired) electrons. The molecule has 0 fully saturated rings. The Balaban J connectivity index is 2.24. The molecule has 0 aliphatic rings. The quantitative estimate of drug-likeness (QED) is 0.870. The van der Waals surface area contributed by atoms with E-state index in [0.29, 0.717) is 6.54 Å². The molecule has 2 rings (SSSR count). The van der Waals surface area contributed by atoms with Crippen molar-refractivity contribution >= 4 is 15.9 Å². The zero-order valence-corrected chi connectivity index (χ0v) is 13.9. The maximum atomic E-state index is 6.01. The SMILES string of the molecule is COc1ccc(Br)cc1C(CN)N(C)Cc1ccncc1. The fourth-order valence-electron chi connectivity index (χ4n) is 2.40. The average molecular weight is 350 g/mol. The number of nitrogens with zero attached hydrogens (tertiary/aromatic N) is 2. The molecule has 0 bridgehead atoms. The number of ether oxygens (including phenoxy) is 1. The van der Waals surface area contributed by atoms with Gasteiger partial charge >= 0.3 is 0 Å². The van der Waals surface area contributed by atoms with Crippen LogP contribution in [-0.2, 0) is 6.54 Å². The van der Waals surface area contributed by atoms with Gasteiger partial charge in [0.15, 0.2) is 0 Å². The summed E-state index contributed by atoms with van der Waals surface area (Å²) in [5.74, 6) is 0.857. The summed E-state index contributed by atoms with van der Waals surface area (Å²) in [5.41, 5.74) is 8.31. The molecule has 0 aliphatic carbocycles. The molecule has 5 heteroatoms. The van der Waals surface area contributed by atoms with Crippen LogP contribution in [0, 0.1) is 0 Å². The van der Waals surface area contributed by atoms with E-state index in [2.05, 4.69) is 38.9 Å². The van der Waals surface area contributed by atoms with E-state index in [1.54, 1.807) is 19.5 Å².